The van der Waals surface area contributed by atoms with Gasteiger partial charge < -0.3 is 14.7 Å². The zero-order valence-electron chi connectivity index (χ0n) is 13.4. The molecule has 1 saturated heterocycles. The van der Waals surface area contributed by atoms with Crippen molar-refractivity contribution in [3.05, 3.63) is 0 Å². The average molecular weight is 300 g/mol. The van der Waals surface area contributed by atoms with Gasteiger partial charge in [0.05, 0.1) is 0 Å². The van der Waals surface area contributed by atoms with E-state index in [2.05, 4.69) is 4.90 Å². The number of carboxylic acids is 1. The number of carbonyl (C=O) groups is 2. The van der Waals surface area contributed by atoms with Crippen LogP contribution in [0.5, 0.6) is 0 Å². The van der Waals surface area contributed by atoms with Crippen molar-refractivity contribution < 1.29 is 19.4 Å². The number of rotatable bonds is 6. The third-order valence-corrected chi connectivity index (χ3v) is 3.39. The van der Waals surface area contributed by atoms with Crippen molar-refractivity contribution in [3.63, 3.8) is 0 Å². The van der Waals surface area contributed by atoms with E-state index in [1.807, 2.05) is 20.8 Å². The molecule has 0 spiro atoms. The van der Waals surface area contributed by atoms with Crippen molar-refractivity contribution in [2.45, 2.75) is 52.1 Å². The number of unbranched alkanes of at least 4 members (excludes halogenated alkanes) is 2. The fourth-order valence-electron chi connectivity index (χ4n) is 2.27. The first-order valence-corrected chi connectivity index (χ1v) is 7.70. The molecule has 6 nitrogen and oxygen atoms in total. The molecule has 1 N–H and O–H groups in total. The summed E-state index contributed by atoms with van der Waals surface area (Å²) in [6.07, 6.45) is 2.72. The van der Waals surface area contributed by atoms with Gasteiger partial charge in [0.25, 0.3) is 0 Å². The van der Waals surface area contributed by atoms with Crippen LogP contribution in [-0.2, 0) is 9.53 Å². The van der Waals surface area contributed by atoms with Crippen LogP contribution in [0, 0.1) is 0 Å². The lowest BCUT2D eigenvalue weighted by molar-refractivity contribution is -0.137. The minimum absolute atomic E-state index is 0.233. The predicted octanol–water partition coefficient (Wildman–Crippen LogP) is 2.18. The van der Waals surface area contributed by atoms with Gasteiger partial charge in [0, 0.05) is 32.6 Å². The van der Waals surface area contributed by atoms with E-state index in [1.54, 1.807) is 4.90 Å². The van der Waals surface area contributed by atoms with Crippen molar-refractivity contribution in [1.82, 2.24) is 9.80 Å². The number of hydrogen-bond donors (Lipinski definition) is 1. The van der Waals surface area contributed by atoms with Gasteiger partial charge >= 0.3 is 12.1 Å². The number of amides is 1. The molecule has 1 amide bonds. The second-order valence-electron chi connectivity index (χ2n) is 6.51. The summed E-state index contributed by atoms with van der Waals surface area (Å²) in [5, 5.41) is 8.56. The number of hydrogen-bond acceptors (Lipinski definition) is 4. The van der Waals surface area contributed by atoms with E-state index in [9.17, 15) is 9.59 Å². The Morgan fingerprint density at radius 1 is 1.05 bits per heavy atom. The Labute approximate surface area is 127 Å². The Morgan fingerprint density at radius 2 is 1.67 bits per heavy atom. The third kappa shape index (κ3) is 7.90. The van der Waals surface area contributed by atoms with Gasteiger partial charge in [-0.3, -0.25) is 9.69 Å². The summed E-state index contributed by atoms with van der Waals surface area (Å²) in [7, 11) is 0. The van der Waals surface area contributed by atoms with E-state index in [4.69, 9.17) is 9.84 Å². The number of ether oxygens (including phenoxy) is 1. The molecular weight excluding hydrogens is 272 g/mol. The number of nitrogens with zero attached hydrogens (tertiary/aromatic N) is 2. The quantitative estimate of drug-likeness (QED) is 0.761. The van der Waals surface area contributed by atoms with Crippen LogP contribution in [0.4, 0.5) is 4.79 Å². The summed E-state index contributed by atoms with van der Waals surface area (Å²) in [5.41, 5.74) is -0.446. The van der Waals surface area contributed by atoms with Crippen molar-refractivity contribution in [1.29, 1.82) is 0 Å². The molecule has 0 atom stereocenters. The number of aliphatic carboxylic acids is 1. The molecule has 0 aromatic carbocycles. The van der Waals surface area contributed by atoms with Crippen LogP contribution in [0.1, 0.15) is 46.5 Å². The topological polar surface area (TPSA) is 70.1 Å². The number of carbonyl (C=O) groups excluding carboxylic acids is 1. The van der Waals surface area contributed by atoms with Gasteiger partial charge in [-0.2, -0.15) is 0 Å². The molecule has 122 valence electrons. The van der Waals surface area contributed by atoms with Crippen molar-refractivity contribution in [2.24, 2.45) is 0 Å². The molecule has 0 aromatic heterocycles. The first-order valence-electron chi connectivity index (χ1n) is 7.70. The first kappa shape index (κ1) is 17.8. The van der Waals surface area contributed by atoms with Gasteiger partial charge in [-0.1, -0.05) is 6.42 Å². The molecule has 0 aromatic rings. The van der Waals surface area contributed by atoms with Crippen molar-refractivity contribution >= 4 is 12.1 Å². The van der Waals surface area contributed by atoms with E-state index in [-0.39, 0.29) is 12.5 Å². The summed E-state index contributed by atoms with van der Waals surface area (Å²) < 4.78 is 5.36. The SMILES string of the molecule is CC(C)(C)OC(=O)N1CCN(CCCCCC(=O)O)CC1. The lowest BCUT2D eigenvalue weighted by atomic mass is 10.2. The fraction of sp³-hybridized carbons (Fsp3) is 0.867. The van der Waals surface area contributed by atoms with Crippen LogP contribution < -0.4 is 0 Å². The van der Waals surface area contributed by atoms with Gasteiger partial charge in [-0.05, 0) is 40.2 Å². The Morgan fingerprint density at radius 3 is 2.19 bits per heavy atom. The van der Waals surface area contributed by atoms with Gasteiger partial charge in [0.15, 0.2) is 0 Å². The van der Waals surface area contributed by atoms with Crippen LogP contribution in [0.2, 0.25) is 0 Å². The van der Waals surface area contributed by atoms with Crippen LogP contribution in [0.25, 0.3) is 0 Å². The van der Waals surface area contributed by atoms with Crippen molar-refractivity contribution in [3.8, 4) is 0 Å². The van der Waals surface area contributed by atoms with E-state index >= 15 is 0 Å². The molecule has 0 aliphatic carbocycles. The largest absolute Gasteiger partial charge is 0.481 e. The highest BCUT2D eigenvalue weighted by Gasteiger charge is 2.25. The molecule has 1 fully saturated rings. The predicted molar refractivity (Wildman–Crippen MR) is 80.4 cm³/mol. The van der Waals surface area contributed by atoms with Gasteiger partial charge in [0.2, 0.25) is 0 Å². The maximum Gasteiger partial charge on any atom is 0.410 e. The van der Waals surface area contributed by atoms with Gasteiger partial charge in [-0.25, -0.2) is 4.79 Å². The normalized spacial score (nSPS) is 16.8. The molecule has 0 bridgehead atoms. The molecule has 1 rings (SSSR count). The molecule has 6 heteroatoms. The van der Waals surface area contributed by atoms with E-state index in [1.165, 1.54) is 0 Å². The minimum atomic E-state index is -0.721. The summed E-state index contributed by atoms with van der Waals surface area (Å²) in [6.45, 7) is 9.71. The van der Waals surface area contributed by atoms with Gasteiger partial charge in [-0.15, -0.1) is 0 Å². The fourth-order valence-corrected chi connectivity index (χ4v) is 2.27. The number of carboxylic acid groups (broad SMARTS) is 1. The average Bonchev–Trinajstić information content (AvgIpc) is 2.36. The van der Waals surface area contributed by atoms with Crippen LogP contribution in [-0.4, -0.2) is 65.3 Å². The summed E-state index contributed by atoms with van der Waals surface area (Å²) in [6, 6.07) is 0. The Hall–Kier alpha value is -1.30. The standard InChI is InChI=1S/C15H28N2O4/c1-15(2,3)21-14(20)17-11-9-16(10-12-17)8-6-4-5-7-13(18)19/h4-12H2,1-3H3,(H,18,19). The lowest BCUT2D eigenvalue weighted by Crippen LogP contribution is -2.50. The molecule has 0 radical (unpaired) electrons. The second-order valence-corrected chi connectivity index (χ2v) is 6.51. The molecule has 21 heavy (non-hydrogen) atoms. The molecular formula is C15H28N2O4. The lowest BCUT2D eigenvalue weighted by Gasteiger charge is -2.35. The Bertz CT molecular complexity index is 344. The molecule has 1 aliphatic rings. The zero-order valence-corrected chi connectivity index (χ0v) is 13.4. The summed E-state index contributed by atoms with van der Waals surface area (Å²) in [5.74, 6) is -0.721. The Balaban J connectivity index is 2.14. The molecule has 0 saturated carbocycles. The maximum atomic E-state index is 11.9. The van der Waals surface area contributed by atoms with Crippen molar-refractivity contribution in [2.75, 3.05) is 32.7 Å². The monoisotopic (exact) mass is 300 g/mol. The highest BCUT2D eigenvalue weighted by Crippen LogP contribution is 2.12. The zero-order chi connectivity index (χ0) is 15.9. The first-order chi connectivity index (χ1) is 9.78. The van der Waals surface area contributed by atoms with E-state index in [0.717, 1.165) is 38.9 Å². The summed E-state index contributed by atoms with van der Waals surface area (Å²) >= 11 is 0. The van der Waals surface area contributed by atoms with E-state index < -0.39 is 11.6 Å². The highest BCUT2D eigenvalue weighted by molar-refractivity contribution is 5.68. The smallest absolute Gasteiger partial charge is 0.410 e. The summed E-state index contributed by atoms with van der Waals surface area (Å²) in [4.78, 5) is 26.4. The highest BCUT2D eigenvalue weighted by atomic mass is 16.6. The molecule has 0 unspecified atom stereocenters. The molecule has 1 aliphatic heterocycles. The van der Waals surface area contributed by atoms with Crippen LogP contribution in [0.15, 0.2) is 0 Å². The van der Waals surface area contributed by atoms with E-state index in [0.29, 0.717) is 13.1 Å². The third-order valence-electron chi connectivity index (χ3n) is 3.39. The molecule has 1 heterocycles. The van der Waals surface area contributed by atoms with Crippen LogP contribution in [0.3, 0.4) is 0 Å². The maximum absolute atomic E-state index is 11.9. The van der Waals surface area contributed by atoms with Gasteiger partial charge in [0.1, 0.15) is 5.60 Å². The number of piperazine rings is 1. The second kappa shape index (κ2) is 8.22. The van der Waals surface area contributed by atoms with Crippen LogP contribution >= 0.6 is 0 Å². The Kier molecular flexibility index (Phi) is 6.95. The minimum Gasteiger partial charge on any atom is -0.481 e.